The second kappa shape index (κ2) is 9.07. The first-order valence-corrected chi connectivity index (χ1v) is 10.7. The van der Waals surface area contributed by atoms with Gasteiger partial charge in [-0.3, -0.25) is 19.8 Å². The van der Waals surface area contributed by atoms with Crippen LogP contribution < -0.4 is 10.1 Å². The Morgan fingerprint density at radius 2 is 1.79 bits per heavy atom. The van der Waals surface area contributed by atoms with Gasteiger partial charge in [-0.1, -0.05) is 0 Å². The summed E-state index contributed by atoms with van der Waals surface area (Å²) in [5.74, 6) is 0.338. The Morgan fingerprint density at radius 1 is 1.17 bits per heavy atom. The number of amides is 3. The van der Waals surface area contributed by atoms with Crippen LogP contribution in [0.25, 0.3) is 6.08 Å². The van der Waals surface area contributed by atoms with Crippen molar-refractivity contribution in [1.29, 1.82) is 0 Å². The number of ether oxygens (including phenoxy) is 1. The second-order valence-corrected chi connectivity index (χ2v) is 8.39. The zero-order valence-corrected chi connectivity index (χ0v) is 19.5. The van der Waals surface area contributed by atoms with Gasteiger partial charge in [0.05, 0.1) is 12.1 Å². The van der Waals surface area contributed by atoms with E-state index >= 15 is 0 Å². The molecular weight excluding hydrogens is 604 g/mol. The molecule has 3 amide bonds. The van der Waals surface area contributed by atoms with Crippen LogP contribution in [-0.4, -0.2) is 28.3 Å². The summed E-state index contributed by atoms with van der Waals surface area (Å²) < 4.78 is 7.58. The highest BCUT2D eigenvalue weighted by Gasteiger charge is 2.32. The number of carbonyl (C=O) groups is 2. The maximum atomic E-state index is 12.2. The molecule has 2 aromatic carbocycles. The lowest BCUT2D eigenvalue weighted by atomic mass is 10.2. The minimum Gasteiger partial charge on any atom is -0.487 e. The molecule has 3 rings (SSSR count). The van der Waals surface area contributed by atoms with E-state index in [4.69, 9.17) is 4.74 Å². The van der Waals surface area contributed by atoms with E-state index in [1.54, 1.807) is 25.1 Å². The summed E-state index contributed by atoms with van der Waals surface area (Å²) in [7, 11) is 0. The third-order valence-electron chi connectivity index (χ3n) is 4.14. The van der Waals surface area contributed by atoms with Crippen LogP contribution in [0.4, 0.5) is 10.5 Å². The van der Waals surface area contributed by atoms with Crippen LogP contribution in [0.1, 0.15) is 18.1 Å². The van der Waals surface area contributed by atoms with Gasteiger partial charge in [-0.05, 0) is 93.6 Å². The van der Waals surface area contributed by atoms with Gasteiger partial charge in [0, 0.05) is 18.7 Å². The number of nitrogens with zero attached hydrogens (tertiary/aromatic N) is 2. The Hall–Kier alpha value is -2.22. The summed E-state index contributed by atoms with van der Waals surface area (Å²) in [5.41, 5.74) is 1.85. The van der Waals surface area contributed by atoms with Gasteiger partial charge in [-0.2, -0.15) is 0 Å². The largest absolute Gasteiger partial charge is 0.487 e. The van der Waals surface area contributed by atoms with Gasteiger partial charge in [0.15, 0.2) is 0 Å². The second-order valence-electron chi connectivity index (χ2n) is 6.06. The van der Waals surface area contributed by atoms with Gasteiger partial charge in [0.25, 0.3) is 11.6 Å². The molecule has 0 bridgehead atoms. The van der Waals surface area contributed by atoms with Crippen molar-refractivity contribution in [3.05, 3.63) is 70.5 Å². The van der Waals surface area contributed by atoms with Crippen molar-refractivity contribution in [2.24, 2.45) is 0 Å². The van der Waals surface area contributed by atoms with Crippen LogP contribution in [0.5, 0.6) is 5.75 Å². The summed E-state index contributed by atoms with van der Waals surface area (Å²) in [6.45, 7) is 2.32. The van der Waals surface area contributed by atoms with E-state index in [0.717, 1.165) is 23.2 Å². The molecule has 10 heteroatoms. The highest BCUT2D eigenvalue weighted by Crippen LogP contribution is 2.31. The third-order valence-corrected chi connectivity index (χ3v) is 5.74. The fourth-order valence-corrected chi connectivity index (χ4v) is 4.82. The van der Waals surface area contributed by atoms with Crippen LogP contribution in [0.15, 0.2) is 42.1 Å². The minimum absolute atomic E-state index is 0.0329. The topological polar surface area (TPSA) is 102 Å². The van der Waals surface area contributed by atoms with Crippen molar-refractivity contribution < 1.29 is 19.2 Å². The van der Waals surface area contributed by atoms with E-state index in [1.165, 1.54) is 12.1 Å². The van der Waals surface area contributed by atoms with Crippen LogP contribution in [0, 0.1) is 17.3 Å². The van der Waals surface area contributed by atoms with Crippen molar-refractivity contribution in [3.8, 4) is 5.75 Å². The Labute approximate surface area is 193 Å². The molecule has 0 saturated carbocycles. The number of urea groups is 1. The number of rotatable bonds is 6. The number of likely N-dealkylation sites (N-methyl/N-ethyl adjacent to an activating group) is 1. The lowest BCUT2D eigenvalue weighted by Crippen LogP contribution is -2.30. The molecule has 29 heavy (non-hydrogen) atoms. The average Bonchev–Trinajstić information content (AvgIpc) is 2.94. The molecule has 1 aliphatic rings. The minimum atomic E-state index is -0.443. The van der Waals surface area contributed by atoms with Gasteiger partial charge in [0.2, 0.25) is 0 Å². The molecule has 1 N–H and O–H groups in total. The predicted molar refractivity (Wildman–Crippen MR) is 123 cm³/mol. The van der Waals surface area contributed by atoms with Crippen LogP contribution in [0.3, 0.4) is 0 Å². The molecule has 1 aliphatic heterocycles. The number of imide groups is 1. The molecule has 1 saturated heterocycles. The maximum Gasteiger partial charge on any atom is 0.328 e. The number of hydrogen-bond acceptors (Lipinski definition) is 5. The fraction of sp³-hybridized carbons (Fsp3) is 0.158. The molecule has 0 unspecified atom stereocenters. The quantitative estimate of drug-likeness (QED) is 0.171. The van der Waals surface area contributed by atoms with Gasteiger partial charge in [-0.15, -0.1) is 0 Å². The Balaban J connectivity index is 1.76. The molecule has 1 heterocycles. The summed E-state index contributed by atoms with van der Waals surface area (Å²) in [6, 6.07) is 9.49. The molecule has 0 radical (unpaired) electrons. The lowest BCUT2D eigenvalue weighted by Gasteiger charge is -2.12. The van der Waals surface area contributed by atoms with E-state index in [-0.39, 0.29) is 23.9 Å². The molecule has 150 valence electrons. The zero-order valence-electron chi connectivity index (χ0n) is 15.1. The number of carbonyl (C=O) groups excluding carboxylic acids is 2. The summed E-state index contributed by atoms with van der Waals surface area (Å²) in [4.78, 5) is 35.4. The van der Waals surface area contributed by atoms with Gasteiger partial charge >= 0.3 is 6.03 Å². The maximum absolute atomic E-state index is 12.2. The number of nitro benzene ring substituents is 1. The van der Waals surface area contributed by atoms with E-state index in [0.29, 0.717) is 12.3 Å². The highest BCUT2D eigenvalue weighted by molar-refractivity contribution is 14.1. The van der Waals surface area contributed by atoms with Crippen molar-refractivity contribution in [1.82, 2.24) is 10.2 Å². The van der Waals surface area contributed by atoms with E-state index in [1.807, 2.05) is 12.1 Å². The van der Waals surface area contributed by atoms with E-state index in [9.17, 15) is 19.7 Å². The SMILES string of the molecule is CCN1C(=O)N/C(=C/c2cc(I)c(OCc3ccc([N+](=O)[O-])cc3)c(I)c2)C1=O. The number of non-ortho nitro benzene ring substituents is 1. The Kier molecular flexibility index (Phi) is 6.72. The fourth-order valence-electron chi connectivity index (χ4n) is 2.70. The Morgan fingerprint density at radius 3 is 2.31 bits per heavy atom. The van der Waals surface area contributed by atoms with Crippen LogP contribution in [0.2, 0.25) is 0 Å². The normalized spacial score (nSPS) is 15.0. The van der Waals surface area contributed by atoms with Crippen molar-refractivity contribution in [2.75, 3.05) is 6.54 Å². The molecule has 8 nitrogen and oxygen atoms in total. The number of benzene rings is 2. The summed E-state index contributed by atoms with van der Waals surface area (Å²) >= 11 is 4.29. The summed E-state index contributed by atoms with van der Waals surface area (Å²) in [6.07, 6.45) is 1.64. The van der Waals surface area contributed by atoms with Crippen molar-refractivity contribution in [3.63, 3.8) is 0 Å². The number of nitro groups is 1. The first kappa shape index (κ1) is 21.5. The molecule has 0 aliphatic carbocycles. The van der Waals surface area contributed by atoms with Gasteiger partial charge in [0.1, 0.15) is 18.1 Å². The predicted octanol–water partition coefficient (Wildman–Crippen LogP) is 4.30. The monoisotopic (exact) mass is 619 g/mol. The average molecular weight is 619 g/mol. The molecule has 0 aromatic heterocycles. The van der Waals surface area contributed by atoms with Crippen LogP contribution in [-0.2, 0) is 11.4 Å². The lowest BCUT2D eigenvalue weighted by molar-refractivity contribution is -0.384. The standard InChI is InChI=1S/C19H15I2N3O5/c1-2-23-18(25)16(22-19(23)26)9-12-7-14(20)17(15(21)8-12)29-10-11-3-5-13(6-4-11)24(27)28/h3-9H,2,10H2,1H3,(H,22,26)/b16-9+. The smallest absolute Gasteiger partial charge is 0.328 e. The van der Waals surface area contributed by atoms with E-state index in [2.05, 4.69) is 50.5 Å². The Bertz CT molecular complexity index is 998. The van der Waals surface area contributed by atoms with E-state index < -0.39 is 11.0 Å². The molecule has 0 atom stereocenters. The first-order valence-electron chi connectivity index (χ1n) is 8.50. The molecule has 0 spiro atoms. The highest BCUT2D eigenvalue weighted by atomic mass is 127. The first-order chi connectivity index (χ1) is 13.8. The molecule has 2 aromatic rings. The van der Waals surface area contributed by atoms with Crippen molar-refractivity contribution in [2.45, 2.75) is 13.5 Å². The van der Waals surface area contributed by atoms with Gasteiger partial charge in [-0.25, -0.2) is 4.79 Å². The number of hydrogen-bond donors (Lipinski definition) is 1. The molecular formula is C19H15I2N3O5. The summed E-state index contributed by atoms with van der Waals surface area (Å²) in [5, 5.41) is 13.3. The zero-order chi connectivity index (χ0) is 21.1. The van der Waals surface area contributed by atoms with Crippen molar-refractivity contribution >= 4 is 68.9 Å². The molecule has 1 fully saturated rings. The third kappa shape index (κ3) is 4.86. The van der Waals surface area contributed by atoms with Crippen LogP contribution >= 0.6 is 45.2 Å². The number of nitrogens with one attached hydrogen (secondary N) is 1. The van der Waals surface area contributed by atoms with Gasteiger partial charge < -0.3 is 10.1 Å². The number of halogens is 2.